The molecule has 0 bridgehead atoms. The summed E-state index contributed by atoms with van der Waals surface area (Å²) in [6, 6.07) is 12.0. The zero-order valence-electron chi connectivity index (χ0n) is 15.1. The molecule has 0 saturated carbocycles. The van der Waals surface area contributed by atoms with Crippen molar-refractivity contribution in [2.24, 2.45) is 0 Å². The third-order valence-corrected chi connectivity index (χ3v) is 5.39. The van der Waals surface area contributed by atoms with Crippen molar-refractivity contribution in [1.82, 2.24) is 10.2 Å². The van der Waals surface area contributed by atoms with E-state index in [-0.39, 0.29) is 12.1 Å². The second-order valence-corrected chi connectivity index (χ2v) is 7.42. The molecule has 0 aliphatic carbocycles. The quantitative estimate of drug-likeness (QED) is 0.767. The molecule has 3 rings (SSSR count). The minimum absolute atomic E-state index is 0.0382. The lowest BCUT2D eigenvalue weighted by Gasteiger charge is -2.25. The Morgan fingerprint density at radius 3 is 2.96 bits per heavy atom. The number of thiophene rings is 1. The highest BCUT2D eigenvalue weighted by atomic mass is 32.1. The van der Waals surface area contributed by atoms with Crippen LogP contribution in [0, 0.1) is 0 Å². The lowest BCUT2D eigenvalue weighted by molar-refractivity contribution is 0.0797. The molecule has 2 amide bonds. The van der Waals surface area contributed by atoms with Crippen molar-refractivity contribution in [3.63, 3.8) is 0 Å². The van der Waals surface area contributed by atoms with E-state index in [1.807, 2.05) is 40.6 Å². The molecule has 1 aromatic carbocycles. The van der Waals surface area contributed by atoms with E-state index in [1.165, 1.54) is 4.88 Å². The molecular formula is C20H26N2O3S. The smallest absolute Gasteiger partial charge is 0.317 e. The Kier molecular flexibility index (Phi) is 6.91. The highest BCUT2D eigenvalue weighted by Crippen LogP contribution is 2.19. The summed E-state index contributed by atoms with van der Waals surface area (Å²) >= 11 is 1.67. The van der Waals surface area contributed by atoms with Gasteiger partial charge in [-0.2, -0.15) is 0 Å². The molecule has 5 nitrogen and oxygen atoms in total. The Morgan fingerprint density at radius 1 is 1.35 bits per heavy atom. The molecule has 1 aromatic heterocycles. The number of hydrogen-bond acceptors (Lipinski definition) is 4. The van der Waals surface area contributed by atoms with Gasteiger partial charge >= 0.3 is 6.03 Å². The van der Waals surface area contributed by atoms with E-state index in [4.69, 9.17) is 9.47 Å². The van der Waals surface area contributed by atoms with Gasteiger partial charge in [-0.05, 0) is 42.3 Å². The van der Waals surface area contributed by atoms with Crippen molar-refractivity contribution in [3.05, 3.63) is 52.2 Å². The van der Waals surface area contributed by atoms with E-state index in [1.54, 1.807) is 18.4 Å². The summed E-state index contributed by atoms with van der Waals surface area (Å²) in [5, 5.41) is 5.09. The number of methoxy groups -OCH3 is 1. The summed E-state index contributed by atoms with van der Waals surface area (Å²) in [5.41, 5.74) is 1.10. The SMILES string of the molecule is COc1ccccc1CCNC(=O)N(Cc1cccs1)CC1CCCO1. The number of ether oxygens (including phenoxy) is 2. The lowest BCUT2D eigenvalue weighted by Crippen LogP contribution is -2.43. The van der Waals surface area contributed by atoms with Gasteiger partial charge in [-0.1, -0.05) is 24.3 Å². The predicted octanol–water partition coefficient (Wildman–Crippen LogP) is 3.69. The zero-order valence-corrected chi connectivity index (χ0v) is 16.0. The van der Waals surface area contributed by atoms with Crippen LogP contribution in [0.15, 0.2) is 41.8 Å². The number of nitrogens with one attached hydrogen (secondary N) is 1. The van der Waals surface area contributed by atoms with Gasteiger partial charge in [-0.15, -0.1) is 11.3 Å². The number of rotatable bonds is 8. The normalized spacial score (nSPS) is 16.4. The van der Waals surface area contributed by atoms with Gasteiger partial charge < -0.3 is 19.7 Å². The van der Waals surface area contributed by atoms with Gasteiger partial charge in [0.15, 0.2) is 0 Å². The van der Waals surface area contributed by atoms with Crippen LogP contribution in [0.4, 0.5) is 4.79 Å². The van der Waals surface area contributed by atoms with E-state index in [0.29, 0.717) is 19.6 Å². The van der Waals surface area contributed by atoms with Crippen LogP contribution in [-0.2, 0) is 17.7 Å². The Morgan fingerprint density at radius 2 is 2.23 bits per heavy atom. The summed E-state index contributed by atoms with van der Waals surface area (Å²) in [6.45, 7) is 2.63. The monoisotopic (exact) mass is 374 g/mol. The van der Waals surface area contributed by atoms with E-state index in [9.17, 15) is 4.79 Å². The highest BCUT2D eigenvalue weighted by molar-refractivity contribution is 7.09. The van der Waals surface area contributed by atoms with Gasteiger partial charge in [0, 0.05) is 24.6 Å². The number of amides is 2. The number of carbonyl (C=O) groups excluding carboxylic acids is 1. The topological polar surface area (TPSA) is 50.8 Å². The molecule has 6 heteroatoms. The number of urea groups is 1. The zero-order chi connectivity index (χ0) is 18.2. The van der Waals surface area contributed by atoms with Crippen LogP contribution >= 0.6 is 11.3 Å². The van der Waals surface area contributed by atoms with Crippen molar-refractivity contribution in [1.29, 1.82) is 0 Å². The van der Waals surface area contributed by atoms with Gasteiger partial charge in [-0.25, -0.2) is 4.79 Å². The van der Waals surface area contributed by atoms with Crippen LogP contribution < -0.4 is 10.1 Å². The first kappa shape index (κ1) is 18.7. The number of para-hydroxylation sites is 1. The van der Waals surface area contributed by atoms with Crippen molar-refractivity contribution >= 4 is 17.4 Å². The summed E-state index contributed by atoms with van der Waals surface area (Å²) < 4.78 is 11.1. The van der Waals surface area contributed by atoms with Crippen LogP contribution in [0.25, 0.3) is 0 Å². The average molecular weight is 375 g/mol. The first-order valence-electron chi connectivity index (χ1n) is 9.05. The molecule has 0 spiro atoms. The number of carbonyl (C=O) groups is 1. The third-order valence-electron chi connectivity index (χ3n) is 4.53. The van der Waals surface area contributed by atoms with E-state index >= 15 is 0 Å². The molecule has 140 valence electrons. The first-order valence-corrected chi connectivity index (χ1v) is 9.93. The summed E-state index contributed by atoms with van der Waals surface area (Å²) in [6.07, 6.45) is 2.99. The van der Waals surface area contributed by atoms with E-state index in [0.717, 1.165) is 37.2 Å². The van der Waals surface area contributed by atoms with Gasteiger partial charge in [0.05, 0.1) is 19.8 Å². The maximum Gasteiger partial charge on any atom is 0.317 e. The molecule has 2 aromatic rings. The maximum absolute atomic E-state index is 12.7. The Hall–Kier alpha value is -2.05. The Balaban J connectivity index is 1.55. The molecule has 26 heavy (non-hydrogen) atoms. The van der Waals surface area contributed by atoms with Crippen LogP contribution in [0.5, 0.6) is 5.75 Å². The van der Waals surface area contributed by atoms with E-state index in [2.05, 4.69) is 11.4 Å². The van der Waals surface area contributed by atoms with Gasteiger partial charge in [0.1, 0.15) is 5.75 Å². The van der Waals surface area contributed by atoms with Crippen molar-refractivity contribution in [2.75, 3.05) is 26.8 Å². The molecule has 2 heterocycles. The molecular weight excluding hydrogens is 348 g/mol. The molecule has 1 saturated heterocycles. The summed E-state index contributed by atoms with van der Waals surface area (Å²) in [4.78, 5) is 15.8. The molecule has 0 radical (unpaired) electrons. The highest BCUT2D eigenvalue weighted by Gasteiger charge is 2.23. The lowest BCUT2D eigenvalue weighted by atomic mass is 10.1. The molecule has 1 N–H and O–H groups in total. The van der Waals surface area contributed by atoms with Crippen molar-refractivity contribution in [2.45, 2.75) is 31.9 Å². The van der Waals surface area contributed by atoms with Gasteiger partial charge in [0.2, 0.25) is 0 Å². The molecule has 1 aliphatic rings. The third kappa shape index (κ3) is 5.22. The fourth-order valence-electron chi connectivity index (χ4n) is 3.17. The minimum Gasteiger partial charge on any atom is -0.496 e. The number of hydrogen-bond donors (Lipinski definition) is 1. The Bertz CT molecular complexity index is 684. The second-order valence-electron chi connectivity index (χ2n) is 6.39. The fourth-order valence-corrected chi connectivity index (χ4v) is 3.89. The second kappa shape index (κ2) is 9.59. The predicted molar refractivity (Wildman–Crippen MR) is 104 cm³/mol. The average Bonchev–Trinajstić information content (AvgIpc) is 3.35. The fraction of sp³-hybridized carbons (Fsp3) is 0.450. The van der Waals surface area contributed by atoms with Crippen LogP contribution in [0.1, 0.15) is 23.3 Å². The number of benzene rings is 1. The number of nitrogens with zero attached hydrogens (tertiary/aromatic N) is 1. The summed E-state index contributed by atoms with van der Waals surface area (Å²) in [5.74, 6) is 0.858. The van der Waals surface area contributed by atoms with Crippen LogP contribution in [0.2, 0.25) is 0 Å². The maximum atomic E-state index is 12.7. The van der Waals surface area contributed by atoms with Gasteiger partial charge in [0.25, 0.3) is 0 Å². The molecule has 1 unspecified atom stereocenters. The van der Waals surface area contributed by atoms with Gasteiger partial charge in [-0.3, -0.25) is 0 Å². The van der Waals surface area contributed by atoms with Crippen molar-refractivity contribution in [3.8, 4) is 5.75 Å². The molecule has 1 atom stereocenters. The van der Waals surface area contributed by atoms with E-state index < -0.39 is 0 Å². The summed E-state index contributed by atoms with van der Waals surface area (Å²) in [7, 11) is 1.67. The standard InChI is InChI=1S/C20H26N2O3S/c1-24-19-9-3-2-6-16(19)10-11-21-20(23)22(14-17-7-4-12-25-17)15-18-8-5-13-26-18/h2-3,5-6,8-9,13,17H,4,7,10-12,14-15H2,1H3,(H,21,23). The van der Waals surface area contributed by atoms with Crippen LogP contribution in [0.3, 0.4) is 0 Å². The Labute approximate surface area is 158 Å². The van der Waals surface area contributed by atoms with Crippen molar-refractivity contribution < 1.29 is 14.3 Å². The molecule has 1 aliphatic heterocycles. The van der Waals surface area contributed by atoms with Crippen LogP contribution in [-0.4, -0.2) is 43.8 Å². The largest absolute Gasteiger partial charge is 0.496 e. The molecule has 1 fully saturated rings. The first-order chi connectivity index (χ1) is 12.8. The minimum atomic E-state index is -0.0382.